The number of aromatic nitrogens is 2. The van der Waals surface area contributed by atoms with Gasteiger partial charge in [0, 0.05) is 19.3 Å². The number of hydrogen-bond donors (Lipinski definition) is 2. The Morgan fingerprint density at radius 2 is 2.33 bits per heavy atom. The Morgan fingerprint density at radius 1 is 1.56 bits per heavy atom. The lowest BCUT2D eigenvalue weighted by Gasteiger charge is -2.09. The molecule has 0 spiro atoms. The number of nitrogens with one attached hydrogen (secondary N) is 1. The van der Waals surface area contributed by atoms with E-state index in [1.54, 1.807) is 4.57 Å². The summed E-state index contributed by atoms with van der Waals surface area (Å²) in [6.07, 6.45) is 5.05. The third-order valence-electron chi connectivity index (χ3n) is 3.33. The number of aliphatic hydroxyl groups is 1. The van der Waals surface area contributed by atoms with Crippen LogP contribution in [0.1, 0.15) is 26.2 Å². The number of aryl methyl sites for hydroxylation is 1. The second-order valence-corrected chi connectivity index (χ2v) is 6.44. The SMILES string of the molecule is CCn1cnc(S(=O)(=O)NCC2CCC(O)C2)c1. The summed E-state index contributed by atoms with van der Waals surface area (Å²) in [6.45, 7) is 2.99. The molecule has 1 aliphatic carbocycles. The molecule has 1 aliphatic rings. The van der Waals surface area contributed by atoms with E-state index in [1.165, 1.54) is 12.5 Å². The Bertz CT molecular complexity index is 497. The van der Waals surface area contributed by atoms with Crippen LogP contribution in [0.2, 0.25) is 0 Å². The highest BCUT2D eigenvalue weighted by atomic mass is 32.2. The molecule has 1 fully saturated rings. The summed E-state index contributed by atoms with van der Waals surface area (Å²) in [4.78, 5) is 3.88. The molecule has 1 aromatic rings. The van der Waals surface area contributed by atoms with E-state index in [4.69, 9.17) is 0 Å². The molecule has 6 nitrogen and oxygen atoms in total. The molecule has 102 valence electrons. The minimum atomic E-state index is -3.52. The van der Waals surface area contributed by atoms with Crippen molar-refractivity contribution >= 4 is 10.0 Å². The summed E-state index contributed by atoms with van der Waals surface area (Å²) in [6, 6.07) is 0. The van der Waals surface area contributed by atoms with E-state index in [-0.39, 0.29) is 17.0 Å². The van der Waals surface area contributed by atoms with Gasteiger partial charge in [0.15, 0.2) is 5.03 Å². The molecular formula is C11H19N3O3S. The predicted molar refractivity (Wildman–Crippen MR) is 66.4 cm³/mol. The fraction of sp³-hybridized carbons (Fsp3) is 0.727. The van der Waals surface area contributed by atoms with Crippen molar-refractivity contribution in [2.24, 2.45) is 5.92 Å². The summed E-state index contributed by atoms with van der Waals surface area (Å²) in [7, 11) is -3.52. The van der Waals surface area contributed by atoms with Crippen molar-refractivity contribution in [2.45, 2.75) is 43.9 Å². The number of sulfonamides is 1. The fourth-order valence-corrected chi connectivity index (χ4v) is 3.25. The summed E-state index contributed by atoms with van der Waals surface area (Å²) < 4.78 is 28.2. The monoisotopic (exact) mass is 273 g/mol. The quantitative estimate of drug-likeness (QED) is 0.810. The van der Waals surface area contributed by atoms with Gasteiger partial charge in [-0.05, 0) is 32.1 Å². The van der Waals surface area contributed by atoms with Crippen molar-refractivity contribution in [2.75, 3.05) is 6.54 Å². The van der Waals surface area contributed by atoms with Crippen LogP contribution in [0.4, 0.5) is 0 Å². The molecule has 1 saturated carbocycles. The van der Waals surface area contributed by atoms with Gasteiger partial charge >= 0.3 is 0 Å². The largest absolute Gasteiger partial charge is 0.393 e. The number of imidazole rings is 1. The van der Waals surface area contributed by atoms with E-state index in [0.717, 1.165) is 12.8 Å². The van der Waals surface area contributed by atoms with Gasteiger partial charge in [0.2, 0.25) is 0 Å². The van der Waals surface area contributed by atoms with Gasteiger partial charge in [-0.3, -0.25) is 0 Å². The Labute approximate surface area is 107 Å². The smallest absolute Gasteiger partial charge is 0.259 e. The van der Waals surface area contributed by atoms with Crippen LogP contribution in [0.25, 0.3) is 0 Å². The van der Waals surface area contributed by atoms with Crippen molar-refractivity contribution in [3.63, 3.8) is 0 Å². The van der Waals surface area contributed by atoms with Crippen LogP contribution in [0.15, 0.2) is 17.6 Å². The molecule has 2 atom stereocenters. The van der Waals surface area contributed by atoms with Crippen LogP contribution >= 0.6 is 0 Å². The molecule has 0 amide bonds. The number of nitrogens with zero attached hydrogens (tertiary/aromatic N) is 2. The standard InChI is InChI=1S/C11H19N3O3S/c1-2-14-7-11(12-8-14)18(16,17)13-6-9-3-4-10(15)5-9/h7-10,13,15H,2-6H2,1H3. The van der Waals surface area contributed by atoms with E-state index in [9.17, 15) is 13.5 Å². The minimum absolute atomic E-state index is 0.0582. The molecule has 0 aromatic carbocycles. The number of rotatable bonds is 5. The third kappa shape index (κ3) is 3.09. The molecule has 2 N–H and O–H groups in total. The first-order valence-electron chi connectivity index (χ1n) is 6.20. The van der Waals surface area contributed by atoms with Crippen LogP contribution < -0.4 is 4.72 Å². The Kier molecular flexibility index (Phi) is 4.04. The normalized spacial score (nSPS) is 24.6. The maximum Gasteiger partial charge on any atom is 0.259 e. The molecule has 2 unspecified atom stereocenters. The van der Waals surface area contributed by atoms with Gasteiger partial charge in [0.1, 0.15) is 0 Å². The van der Waals surface area contributed by atoms with Crippen LogP contribution in [0.3, 0.4) is 0 Å². The molecule has 2 rings (SSSR count). The summed E-state index contributed by atoms with van der Waals surface area (Å²) in [5.74, 6) is 0.225. The average molecular weight is 273 g/mol. The molecule has 0 radical (unpaired) electrons. The summed E-state index contributed by atoms with van der Waals surface area (Å²) in [5.41, 5.74) is 0. The molecule has 1 heterocycles. The van der Waals surface area contributed by atoms with Gasteiger partial charge in [0.25, 0.3) is 10.0 Å². The van der Waals surface area contributed by atoms with E-state index < -0.39 is 10.0 Å². The Hall–Kier alpha value is -0.920. The fourth-order valence-electron chi connectivity index (χ4n) is 2.19. The van der Waals surface area contributed by atoms with E-state index in [2.05, 4.69) is 9.71 Å². The molecule has 0 saturated heterocycles. The van der Waals surface area contributed by atoms with Gasteiger partial charge in [-0.25, -0.2) is 18.1 Å². The molecule has 18 heavy (non-hydrogen) atoms. The highest BCUT2D eigenvalue weighted by Crippen LogP contribution is 2.24. The Morgan fingerprint density at radius 3 is 2.89 bits per heavy atom. The van der Waals surface area contributed by atoms with Gasteiger partial charge in [-0.2, -0.15) is 0 Å². The first kappa shape index (κ1) is 13.5. The first-order chi connectivity index (χ1) is 8.51. The highest BCUT2D eigenvalue weighted by molar-refractivity contribution is 7.89. The lowest BCUT2D eigenvalue weighted by molar-refractivity contribution is 0.178. The van der Waals surface area contributed by atoms with E-state index in [1.807, 2.05) is 6.92 Å². The molecule has 1 aromatic heterocycles. The predicted octanol–water partition coefficient (Wildman–Crippen LogP) is 0.342. The second-order valence-electron chi connectivity index (χ2n) is 4.73. The molecule has 0 aliphatic heterocycles. The lowest BCUT2D eigenvalue weighted by atomic mass is 10.1. The molecular weight excluding hydrogens is 254 g/mol. The van der Waals surface area contributed by atoms with Crippen LogP contribution in [-0.2, 0) is 16.6 Å². The summed E-state index contributed by atoms with van der Waals surface area (Å²) >= 11 is 0. The van der Waals surface area contributed by atoms with Crippen molar-refractivity contribution in [1.82, 2.24) is 14.3 Å². The van der Waals surface area contributed by atoms with Crippen molar-refractivity contribution in [1.29, 1.82) is 0 Å². The van der Waals surface area contributed by atoms with Crippen molar-refractivity contribution in [3.8, 4) is 0 Å². The summed E-state index contributed by atoms with van der Waals surface area (Å²) in [5, 5.41) is 9.45. The van der Waals surface area contributed by atoms with E-state index in [0.29, 0.717) is 19.5 Å². The lowest BCUT2D eigenvalue weighted by Crippen LogP contribution is -2.29. The van der Waals surface area contributed by atoms with Crippen LogP contribution in [0, 0.1) is 5.92 Å². The van der Waals surface area contributed by atoms with Crippen LogP contribution in [-0.4, -0.2) is 35.7 Å². The minimum Gasteiger partial charge on any atom is -0.393 e. The first-order valence-corrected chi connectivity index (χ1v) is 7.69. The average Bonchev–Trinajstić information content (AvgIpc) is 2.95. The van der Waals surface area contributed by atoms with Gasteiger partial charge in [0.05, 0.1) is 12.4 Å². The number of aliphatic hydroxyl groups excluding tert-OH is 1. The van der Waals surface area contributed by atoms with E-state index >= 15 is 0 Å². The zero-order valence-corrected chi connectivity index (χ0v) is 11.2. The second kappa shape index (κ2) is 5.38. The van der Waals surface area contributed by atoms with Crippen LogP contribution in [0.5, 0.6) is 0 Å². The zero-order chi connectivity index (χ0) is 13.2. The topological polar surface area (TPSA) is 84.2 Å². The number of hydrogen-bond acceptors (Lipinski definition) is 4. The van der Waals surface area contributed by atoms with Gasteiger partial charge in [-0.1, -0.05) is 0 Å². The van der Waals surface area contributed by atoms with Gasteiger partial charge in [-0.15, -0.1) is 0 Å². The molecule has 7 heteroatoms. The molecule has 0 bridgehead atoms. The third-order valence-corrected chi connectivity index (χ3v) is 4.63. The van der Waals surface area contributed by atoms with Gasteiger partial charge < -0.3 is 9.67 Å². The Balaban J connectivity index is 1.95. The maximum absolute atomic E-state index is 12.0. The van der Waals surface area contributed by atoms with Crippen molar-refractivity contribution < 1.29 is 13.5 Å². The van der Waals surface area contributed by atoms with Crippen molar-refractivity contribution in [3.05, 3.63) is 12.5 Å². The maximum atomic E-state index is 12.0. The zero-order valence-electron chi connectivity index (χ0n) is 10.4. The highest BCUT2D eigenvalue weighted by Gasteiger charge is 2.25.